The zero-order valence-electron chi connectivity index (χ0n) is 10.7. The normalized spacial score (nSPS) is 27.4. The van der Waals surface area contributed by atoms with Crippen LogP contribution in [0.5, 0.6) is 0 Å². The van der Waals surface area contributed by atoms with Gasteiger partial charge in [-0.05, 0) is 43.7 Å². The van der Waals surface area contributed by atoms with Crippen LogP contribution in [0, 0.1) is 5.41 Å². The molecule has 0 aromatic carbocycles. The molecule has 1 saturated carbocycles. The number of aromatic nitrogens is 1. The zero-order chi connectivity index (χ0) is 11.7. The summed E-state index contributed by atoms with van der Waals surface area (Å²) in [7, 11) is 0. The average Bonchev–Trinajstić information content (AvgIpc) is 2.91. The van der Waals surface area contributed by atoms with E-state index in [4.69, 9.17) is 4.99 Å². The zero-order valence-corrected chi connectivity index (χ0v) is 10.7. The van der Waals surface area contributed by atoms with Gasteiger partial charge in [0, 0.05) is 24.0 Å². The predicted molar refractivity (Wildman–Crippen MR) is 71.5 cm³/mol. The molecule has 2 aliphatic rings. The van der Waals surface area contributed by atoms with E-state index in [9.17, 15) is 0 Å². The first-order valence-electron chi connectivity index (χ1n) is 6.94. The van der Waals surface area contributed by atoms with Crippen molar-refractivity contribution in [3.63, 3.8) is 0 Å². The molecule has 1 aliphatic heterocycles. The van der Waals surface area contributed by atoms with Crippen molar-refractivity contribution in [3.8, 4) is 0 Å². The van der Waals surface area contributed by atoms with E-state index in [2.05, 4.69) is 24.0 Å². The number of hydrogen-bond acceptors (Lipinski definition) is 1. The maximum Gasteiger partial charge on any atom is 0.0613 e. The predicted octanol–water partition coefficient (Wildman–Crippen LogP) is 3.74. The van der Waals surface area contributed by atoms with Crippen molar-refractivity contribution in [1.82, 2.24) is 4.98 Å². The van der Waals surface area contributed by atoms with Crippen molar-refractivity contribution in [2.75, 3.05) is 0 Å². The van der Waals surface area contributed by atoms with Gasteiger partial charge in [0.25, 0.3) is 0 Å². The van der Waals surface area contributed by atoms with Gasteiger partial charge in [0.05, 0.1) is 6.04 Å². The van der Waals surface area contributed by atoms with Gasteiger partial charge in [-0.25, -0.2) is 0 Å². The number of hydrogen-bond donors (Lipinski definition) is 1. The van der Waals surface area contributed by atoms with Gasteiger partial charge < -0.3 is 4.98 Å². The molecule has 1 atom stereocenters. The van der Waals surface area contributed by atoms with Crippen molar-refractivity contribution >= 4 is 5.71 Å². The molecule has 2 heterocycles. The van der Waals surface area contributed by atoms with Gasteiger partial charge in [0.2, 0.25) is 0 Å². The minimum atomic E-state index is 0.507. The van der Waals surface area contributed by atoms with Crippen LogP contribution in [0.2, 0.25) is 0 Å². The van der Waals surface area contributed by atoms with Crippen molar-refractivity contribution in [1.29, 1.82) is 0 Å². The summed E-state index contributed by atoms with van der Waals surface area (Å²) >= 11 is 0. The van der Waals surface area contributed by atoms with E-state index in [0.717, 1.165) is 6.42 Å². The van der Waals surface area contributed by atoms with Crippen molar-refractivity contribution in [2.45, 2.75) is 57.9 Å². The van der Waals surface area contributed by atoms with E-state index in [1.54, 1.807) is 0 Å². The second-order valence-electron chi connectivity index (χ2n) is 5.88. The summed E-state index contributed by atoms with van der Waals surface area (Å²) in [5.41, 5.74) is 3.23. The summed E-state index contributed by atoms with van der Waals surface area (Å²) in [6.07, 6.45) is 11.4. The maximum atomic E-state index is 4.94. The number of nitrogens with one attached hydrogen (secondary N) is 1. The minimum absolute atomic E-state index is 0.507. The first-order valence-corrected chi connectivity index (χ1v) is 6.94. The topological polar surface area (TPSA) is 28.1 Å². The Balaban J connectivity index is 1.80. The van der Waals surface area contributed by atoms with Gasteiger partial charge in [-0.2, -0.15) is 0 Å². The summed E-state index contributed by atoms with van der Waals surface area (Å²) in [6.45, 7) is 2.21. The van der Waals surface area contributed by atoms with E-state index >= 15 is 0 Å². The smallest absolute Gasteiger partial charge is 0.0613 e. The van der Waals surface area contributed by atoms with Crippen LogP contribution in [0.4, 0.5) is 0 Å². The standard InChI is InChI=1S/C15H22N2/c1-12-11-15(7-3-2-4-8-15)14(17-12)10-13-6-5-9-16-13/h5-6,9,14,16H,2-4,7-8,10-11H2,1H3. The highest BCUT2D eigenvalue weighted by Gasteiger charge is 2.43. The Morgan fingerprint density at radius 2 is 2.18 bits per heavy atom. The second kappa shape index (κ2) is 4.32. The van der Waals surface area contributed by atoms with E-state index in [1.165, 1.54) is 49.9 Å². The van der Waals surface area contributed by atoms with Crippen LogP contribution in [0.15, 0.2) is 23.3 Å². The molecule has 2 nitrogen and oxygen atoms in total. The Bertz CT molecular complexity index is 397. The highest BCUT2D eigenvalue weighted by molar-refractivity contribution is 5.84. The first kappa shape index (κ1) is 11.1. The molecule has 17 heavy (non-hydrogen) atoms. The summed E-state index contributed by atoms with van der Waals surface area (Å²) in [5.74, 6) is 0. The maximum absolute atomic E-state index is 4.94. The lowest BCUT2D eigenvalue weighted by atomic mass is 9.67. The average molecular weight is 230 g/mol. The molecule has 0 saturated heterocycles. The molecule has 3 rings (SSSR count). The Labute approximate surface area is 104 Å². The number of nitrogens with zero attached hydrogens (tertiary/aromatic N) is 1. The van der Waals surface area contributed by atoms with E-state index in [-0.39, 0.29) is 0 Å². The van der Waals surface area contributed by atoms with Crippen LogP contribution < -0.4 is 0 Å². The minimum Gasteiger partial charge on any atom is -0.365 e. The molecular weight excluding hydrogens is 208 g/mol. The quantitative estimate of drug-likeness (QED) is 0.801. The van der Waals surface area contributed by atoms with E-state index in [1.807, 2.05) is 6.20 Å². The molecule has 1 unspecified atom stereocenters. The number of aliphatic imine (C=N–C) groups is 1. The summed E-state index contributed by atoms with van der Waals surface area (Å²) in [6, 6.07) is 4.81. The Kier molecular flexibility index (Phi) is 2.81. The third kappa shape index (κ3) is 2.05. The molecule has 1 aromatic rings. The monoisotopic (exact) mass is 230 g/mol. The van der Waals surface area contributed by atoms with E-state index in [0.29, 0.717) is 11.5 Å². The Morgan fingerprint density at radius 1 is 1.35 bits per heavy atom. The fourth-order valence-electron chi connectivity index (χ4n) is 3.81. The number of rotatable bonds is 2. The van der Waals surface area contributed by atoms with Gasteiger partial charge in [-0.1, -0.05) is 19.3 Å². The third-order valence-electron chi connectivity index (χ3n) is 4.62. The first-order chi connectivity index (χ1) is 8.28. The molecule has 1 fully saturated rings. The lowest BCUT2D eigenvalue weighted by Gasteiger charge is -2.38. The van der Waals surface area contributed by atoms with Crippen LogP contribution >= 0.6 is 0 Å². The fraction of sp³-hybridized carbons (Fsp3) is 0.667. The van der Waals surface area contributed by atoms with Gasteiger partial charge in [-0.3, -0.25) is 4.99 Å². The SMILES string of the molecule is CC1=NC(Cc2ccc[nH]2)C2(CCCCC2)C1. The Hall–Kier alpha value is -1.05. The number of H-pyrrole nitrogens is 1. The summed E-state index contributed by atoms with van der Waals surface area (Å²) in [4.78, 5) is 8.27. The van der Waals surface area contributed by atoms with Crippen LogP contribution in [0.25, 0.3) is 0 Å². The van der Waals surface area contributed by atoms with Gasteiger partial charge in [0.15, 0.2) is 0 Å². The van der Waals surface area contributed by atoms with Gasteiger partial charge in [-0.15, -0.1) is 0 Å². The molecule has 0 radical (unpaired) electrons. The Morgan fingerprint density at radius 3 is 2.88 bits per heavy atom. The summed E-state index contributed by atoms with van der Waals surface area (Å²) < 4.78 is 0. The second-order valence-corrected chi connectivity index (χ2v) is 5.88. The molecule has 1 spiro atoms. The molecule has 1 aromatic heterocycles. The molecule has 92 valence electrons. The van der Waals surface area contributed by atoms with E-state index < -0.39 is 0 Å². The fourth-order valence-corrected chi connectivity index (χ4v) is 3.81. The van der Waals surface area contributed by atoms with Crippen molar-refractivity contribution < 1.29 is 0 Å². The molecule has 0 amide bonds. The van der Waals surface area contributed by atoms with Crippen molar-refractivity contribution in [3.05, 3.63) is 24.0 Å². The highest BCUT2D eigenvalue weighted by Crippen LogP contribution is 2.47. The lowest BCUT2D eigenvalue weighted by molar-refractivity contribution is 0.168. The number of aromatic amines is 1. The van der Waals surface area contributed by atoms with Gasteiger partial charge >= 0.3 is 0 Å². The molecule has 2 heteroatoms. The van der Waals surface area contributed by atoms with Crippen LogP contribution in [-0.4, -0.2) is 16.7 Å². The largest absolute Gasteiger partial charge is 0.365 e. The molecule has 1 N–H and O–H groups in total. The molecule has 1 aliphatic carbocycles. The third-order valence-corrected chi connectivity index (χ3v) is 4.62. The van der Waals surface area contributed by atoms with Crippen LogP contribution in [0.3, 0.4) is 0 Å². The summed E-state index contributed by atoms with van der Waals surface area (Å²) in [5, 5.41) is 0. The molecule has 0 bridgehead atoms. The van der Waals surface area contributed by atoms with Crippen LogP contribution in [-0.2, 0) is 6.42 Å². The molecular formula is C15H22N2. The lowest BCUT2D eigenvalue weighted by Crippen LogP contribution is -2.34. The van der Waals surface area contributed by atoms with Gasteiger partial charge in [0.1, 0.15) is 0 Å². The van der Waals surface area contributed by atoms with Crippen LogP contribution in [0.1, 0.15) is 51.1 Å². The van der Waals surface area contributed by atoms with Crippen molar-refractivity contribution in [2.24, 2.45) is 10.4 Å². The highest BCUT2D eigenvalue weighted by atomic mass is 14.9.